The molecule has 0 N–H and O–H groups in total. The summed E-state index contributed by atoms with van der Waals surface area (Å²) in [6.07, 6.45) is -1.82. The first-order valence-corrected chi connectivity index (χ1v) is 7.77. The number of alkyl halides is 4. The Labute approximate surface area is 127 Å². The van der Waals surface area contributed by atoms with Gasteiger partial charge in [0.25, 0.3) is 0 Å². The summed E-state index contributed by atoms with van der Waals surface area (Å²) in [5.41, 5.74) is 0.177. The average molecular weight is 319 g/mol. The normalized spacial score (nSPS) is 20.9. The molecular formula is C15H18ClF3N2. The van der Waals surface area contributed by atoms with Crippen LogP contribution in [-0.4, -0.2) is 37.1 Å². The van der Waals surface area contributed by atoms with Crippen molar-refractivity contribution in [1.29, 1.82) is 0 Å². The fraction of sp³-hybridized carbons (Fsp3) is 0.600. The Morgan fingerprint density at radius 1 is 1.10 bits per heavy atom. The van der Waals surface area contributed by atoms with Gasteiger partial charge in [-0.2, -0.15) is 13.2 Å². The molecule has 1 saturated carbocycles. The lowest BCUT2D eigenvalue weighted by molar-refractivity contribution is -0.138. The molecule has 1 aliphatic heterocycles. The third-order valence-electron chi connectivity index (χ3n) is 4.29. The van der Waals surface area contributed by atoms with E-state index in [1.807, 2.05) is 4.90 Å². The quantitative estimate of drug-likeness (QED) is 0.784. The molecule has 2 fully saturated rings. The van der Waals surface area contributed by atoms with Crippen molar-refractivity contribution < 1.29 is 13.2 Å². The number of halogens is 4. The number of benzene rings is 1. The zero-order valence-corrected chi connectivity index (χ0v) is 12.4. The van der Waals surface area contributed by atoms with Gasteiger partial charge in [-0.1, -0.05) is 6.07 Å². The molecule has 0 spiro atoms. The van der Waals surface area contributed by atoms with Gasteiger partial charge < -0.3 is 4.90 Å². The highest BCUT2D eigenvalue weighted by Gasteiger charge is 2.35. The second kappa shape index (κ2) is 5.69. The Bertz CT molecular complexity index is 506. The Kier molecular flexibility index (Phi) is 4.06. The summed E-state index contributed by atoms with van der Waals surface area (Å²) in [5, 5.41) is 0. The van der Waals surface area contributed by atoms with Crippen LogP contribution in [0.4, 0.5) is 18.9 Å². The maximum Gasteiger partial charge on any atom is 0.416 e. The molecule has 1 aliphatic carbocycles. The van der Waals surface area contributed by atoms with Crippen molar-refractivity contribution in [2.75, 3.05) is 31.1 Å². The summed E-state index contributed by atoms with van der Waals surface area (Å²) >= 11 is 5.62. The fourth-order valence-corrected chi connectivity index (χ4v) is 3.16. The molecule has 3 rings (SSSR count). The molecule has 116 valence electrons. The van der Waals surface area contributed by atoms with Crippen LogP contribution in [0.25, 0.3) is 0 Å². The minimum Gasteiger partial charge on any atom is -0.369 e. The van der Waals surface area contributed by atoms with Crippen molar-refractivity contribution in [2.24, 2.45) is 0 Å². The van der Waals surface area contributed by atoms with Crippen molar-refractivity contribution in [3.63, 3.8) is 0 Å². The van der Waals surface area contributed by atoms with E-state index in [1.165, 1.54) is 25.0 Å². The van der Waals surface area contributed by atoms with Gasteiger partial charge >= 0.3 is 6.18 Å². The van der Waals surface area contributed by atoms with Gasteiger partial charge in [0.05, 0.1) is 5.56 Å². The maximum absolute atomic E-state index is 13.1. The van der Waals surface area contributed by atoms with Crippen LogP contribution in [0, 0.1) is 0 Å². The van der Waals surface area contributed by atoms with Gasteiger partial charge in [-0.05, 0) is 30.5 Å². The molecule has 0 atom stereocenters. The van der Waals surface area contributed by atoms with Gasteiger partial charge in [0, 0.05) is 43.8 Å². The molecule has 2 nitrogen and oxygen atoms in total. The van der Waals surface area contributed by atoms with Crippen molar-refractivity contribution in [2.45, 2.75) is 30.9 Å². The van der Waals surface area contributed by atoms with E-state index in [-0.39, 0.29) is 11.4 Å². The Morgan fingerprint density at radius 2 is 1.76 bits per heavy atom. The minimum atomic E-state index is -4.35. The molecule has 0 bridgehead atoms. The van der Waals surface area contributed by atoms with E-state index in [0.29, 0.717) is 5.69 Å². The predicted octanol–water partition coefficient (Wildman–Crippen LogP) is 3.73. The van der Waals surface area contributed by atoms with E-state index in [9.17, 15) is 13.2 Å². The summed E-state index contributed by atoms with van der Waals surface area (Å²) in [5.74, 6) is -0.120. The zero-order valence-electron chi connectivity index (χ0n) is 11.7. The zero-order chi connectivity index (χ0) is 15.0. The van der Waals surface area contributed by atoms with E-state index < -0.39 is 11.7 Å². The lowest BCUT2D eigenvalue weighted by atomic mass is 10.1. The van der Waals surface area contributed by atoms with E-state index in [2.05, 4.69) is 4.90 Å². The molecule has 2 aliphatic rings. The van der Waals surface area contributed by atoms with Crippen LogP contribution in [0.5, 0.6) is 0 Å². The number of piperazine rings is 1. The van der Waals surface area contributed by atoms with Crippen LogP contribution in [0.15, 0.2) is 18.2 Å². The topological polar surface area (TPSA) is 6.48 Å². The minimum absolute atomic E-state index is 0.120. The summed E-state index contributed by atoms with van der Waals surface area (Å²) in [6.45, 7) is 3.44. The molecule has 0 aromatic heterocycles. The predicted molar refractivity (Wildman–Crippen MR) is 77.8 cm³/mol. The second-order valence-electron chi connectivity index (χ2n) is 5.73. The molecule has 0 amide bonds. The number of nitrogens with zero attached hydrogens (tertiary/aromatic N) is 2. The highest BCUT2D eigenvalue weighted by molar-refractivity contribution is 6.17. The van der Waals surface area contributed by atoms with Crippen molar-refractivity contribution in [1.82, 2.24) is 4.90 Å². The summed E-state index contributed by atoms with van der Waals surface area (Å²) in [7, 11) is 0. The lowest BCUT2D eigenvalue weighted by Crippen LogP contribution is -2.47. The van der Waals surface area contributed by atoms with Crippen molar-refractivity contribution in [3.8, 4) is 0 Å². The average Bonchev–Trinajstić information content (AvgIpc) is 3.30. The highest BCUT2D eigenvalue weighted by atomic mass is 35.5. The van der Waals surface area contributed by atoms with Crippen LogP contribution in [0.3, 0.4) is 0 Å². The molecule has 6 heteroatoms. The third kappa shape index (κ3) is 3.29. The SMILES string of the molecule is FC(F)(F)c1cc(N2CCN(C3CC3)CC2)ccc1CCl. The van der Waals surface area contributed by atoms with Crippen LogP contribution < -0.4 is 4.90 Å². The fourth-order valence-electron chi connectivity index (χ4n) is 2.93. The van der Waals surface area contributed by atoms with Gasteiger partial charge in [-0.25, -0.2) is 0 Å². The third-order valence-corrected chi connectivity index (χ3v) is 4.57. The van der Waals surface area contributed by atoms with Crippen LogP contribution >= 0.6 is 11.6 Å². The summed E-state index contributed by atoms with van der Waals surface area (Å²) in [6, 6.07) is 5.21. The largest absolute Gasteiger partial charge is 0.416 e. The van der Waals surface area contributed by atoms with Crippen molar-refractivity contribution in [3.05, 3.63) is 29.3 Å². The monoisotopic (exact) mass is 318 g/mol. The molecule has 1 aromatic carbocycles. The van der Waals surface area contributed by atoms with E-state index in [0.717, 1.165) is 32.2 Å². The summed E-state index contributed by atoms with van der Waals surface area (Å²) in [4.78, 5) is 4.47. The van der Waals surface area contributed by atoms with E-state index in [4.69, 9.17) is 11.6 Å². The van der Waals surface area contributed by atoms with Crippen LogP contribution in [0.1, 0.15) is 24.0 Å². The first-order chi connectivity index (χ1) is 9.99. The van der Waals surface area contributed by atoms with E-state index >= 15 is 0 Å². The molecule has 1 aromatic rings. The molecule has 1 saturated heterocycles. The number of hydrogen-bond donors (Lipinski definition) is 0. The maximum atomic E-state index is 13.1. The van der Waals surface area contributed by atoms with Crippen LogP contribution in [-0.2, 0) is 12.1 Å². The first kappa shape index (κ1) is 15.0. The molecular weight excluding hydrogens is 301 g/mol. The van der Waals surface area contributed by atoms with E-state index in [1.54, 1.807) is 6.07 Å². The number of anilines is 1. The van der Waals surface area contributed by atoms with Crippen LogP contribution in [0.2, 0.25) is 0 Å². The second-order valence-corrected chi connectivity index (χ2v) is 5.99. The Morgan fingerprint density at radius 3 is 2.29 bits per heavy atom. The molecule has 1 heterocycles. The van der Waals surface area contributed by atoms with Gasteiger partial charge in [0.2, 0.25) is 0 Å². The van der Waals surface area contributed by atoms with Gasteiger partial charge in [-0.3, -0.25) is 4.90 Å². The van der Waals surface area contributed by atoms with Gasteiger partial charge in [0.1, 0.15) is 0 Å². The van der Waals surface area contributed by atoms with Gasteiger partial charge in [-0.15, -0.1) is 11.6 Å². The smallest absolute Gasteiger partial charge is 0.369 e. The molecule has 21 heavy (non-hydrogen) atoms. The van der Waals surface area contributed by atoms with Gasteiger partial charge in [0.15, 0.2) is 0 Å². The molecule has 0 radical (unpaired) electrons. The lowest BCUT2D eigenvalue weighted by Gasteiger charge is -2.36. The highest BCUT2D eigenvalue weighted by Crippen LogP contribution is 2.36. The number of hydrogen-bond acceptors (Lipinski definition) is 2. The summed E-state index contributed by atoms with van der Waals surface area (Å²) < 4.78 is 39.2. The first-order valence-electron chi connectivity index (χ1n) is 7.24. The standard InChI is InChI=1S/C15H18ClF3N2/c16-10-11-1-2-13(9-14(11)15(17,18)19)21-7-5-20(6-8-21)12-3-4-12/h1-2,9,12H,3-8,10H2. The Hall–Kier alpha value is -0.940. The molecule has 0 unspecified atom stereocenters. The van der Waals surface area contributed by atoms with Crippen molar-refractivity contribution >= 4 is 17.3 Å². The number of rotatable bonds is 3. The Balaban J connectivity index is 1.76.